The maximum Gasteiger partial charge on any atom is 0.220 e. The number of unbranched alkanes of at least 4 members (excludes halogenated alkanes) is 1. The third-order valence-corrected chi connectivity index (χ3v) is 4.73. The van der Waals surface area contributed by atoms with Gasteiger partial charge in [0.1, 0.15) is 0 Å². The van der Waals surface area contributed by atoms with Crippen LogP contribution in [0.3, 0.4) is 0 Å². The fourth-order valence-electron chi connectivity index (χ4n) is 3.16. The second-order valence-corrected chi connectivity index (χ2v) is 6.30. The number of hydrogen-bond acceptors (Lipinski definition) is 3. The summed E-state index contributed by atoms with van der Waals surface area (Å²) in [5.74, 6) is 0.181. The first-order valence-electron chi connectivity index (χ1n) is 9.02. The van der Waals surface area contributed by atoms with Crippen molar-refractivity contribution in [2.75, 3.05) is 39.3 Å². The number of amides is 1. The molecule has 1 aliphatic heterocycles. The van der Waals surface area contributed by atoms with Crippen molar-refractivity contribution in [2.24, 2.45) is 0 Å². The Labute approximate surface area is 140 Å². The molecule has 1 saturated heterocycles. The summed E-state index contributed by atoms with van der Waals surface area (Å²) in [5, 5.41) is 3.14. The van der Waals surface area contributed by atoms with Crippen LogP contribution in [0.5, 0.6) is 0 Å². The van der Waals surface area contributed by atoms with E-state index >= 15 is 0 Å². The average molecular weight is 317 g/mol. The van der Waals surface area contributed by atoms with Gasteiger partial charge in [-0.25, -0.2) is 0 Å². The standard InChI is InChI=1S/C19H31N3O/c1-3-5-11-19(23)20-16-18(17-9-7-6-8-10-17)22-14-12-21(4-2)13-15-22/h6-10,18H,3-5,11-16H2,1-2H3,(H,20,23). The van der Waals surface area contributed by atoms with Crippen molar-refractivity contribution in [3.05, 3.63) is 35.9 Å². The van der Waals surface area contributed by atoms with Gasteiger partial charge in [-0.05, 0) is 18.5 Å². The van der Waals surface area contributed by atoms with Crippen molar-refractivity contribution in [3.8, 4) is 0 Å². The minimum Gasteiger partial charge on any atom is -0.354 e. The van der Waals surface area contributed by atoms with Crippen LogP contribution in [0.2, 0.25) is 0 Å². The highest BCUT2D eigenvalue weighted by molar-refractivity contribution is 5.75. The summed E-state index contributed by atoms with van der Waals surface area (Å²) in [6, 6.07) is 10.9. The molecular weight excluding hydrogens is 286 g/mol. The van der Waals surface area contributed by atoms with Gasteiger partial charge in [0.15, 0.2) is 0 Å². The lowest BCUT2D eigenvalue weighted by Crippen LogP contribution is -2.49. The second kappa shape index (κ2) is 9.68. The topological polar surface area (TPSA) is 35.6 Å². The molecule has 1 aromatic rings. The molecule has 1 aliphatic rings. The summed E-state index contributed by atoms with van der Waals surface area (Å²) >= 11 is 0. The van der Waals surface area contributed by atoms with Gasteiger partial charge in [-0.15, -0.1) is 0 Å². The Morgan fingerprint density at radius 3 is 2.43 bits per heavy atom. The van der Waals surface area contributed by atoms with Crippen LogP contribution < -0.4 is 5.32 Å². The molecule has 1 N–H and O–H groups in total. The monoisotopic (exact) mass is 317 g/mol. The van der Waals surface area contributed by atoms with Gasteiger partial charge in [0.25, 0.3) is 0 Å². The van der Waals surface area contributed by atoms with Crippen molar-refractivity contribution in [2.45, 2.75) is 39.2 Å². The molecule has 1 amide bonds. The van der Waals surface area contributed by atoms with E-state index in [1.165, 1.54) is 5.56 Å². The van der Waals surface area contributed by atoms with E-state index in [-0.39, 0.29) is 11.9 Å². The van der Waals surface area contributed by atoms with Crippen molar-refractivity contribution in [3.63, 3.8) is 0 Å². The number of nitrogens with one attached hydrogen (secondary N) is 1. The van der Waals surface area contributed by atoms with E-state index in [2.05, 4.69) is 59.3 Å². The van der Waals surface area contributed by atoms with E-state index in [1.807, 2.05) is 0 Å². The first kappa shape index (κ1) is 18.0. The SMILES string of the molecule is CCCCC(=O)NCC(c1ccccc1)N1CCN(CC)CC1. The van der Waals surface area contributed by atoms with Crippen LogP contribution in [0.4, 0.5) is 0 Å². The molecule has 23 heavy (non-hydrogen) atoms. The van der Waals surface area contributed by atoms with Gasteiger partial charge in [0.05, 0.1) is 6.04 Å². The number of piperazine rings is 1. The van der Waals surface area contributed by atoms with Gasteiger partial charge in [-0.2, -0.15) is 0 Å². The molecule has 1 unspecified atom stereocenters. The van der Waals surface area contributed by atoms with Crippen molar-refractivity contribution >= 4 is 5.91 Å². The smallest absolute Gasteiger partial charge is 0.220 e. The summed E-state index contributed by atoms with van der Waals surface area (Å²) in [7, 11) is 0. The zero-order chi connectivity index (χ0) is 16.5. The molecule has 128 valence electrons. The van der Waals surface area contributed by atoms with Crippen molar-refractivity contribution in [1.29, 1.82) is 0 Å². The van der Waals surface area contributed by atoms with Gasteiger partial charge in [-0.3, -0.25) is 9.69 Å². The predicted octanol–water partition coefficient (Wildman–Crippen LogP) is 2.67. The first-order valence-corrected chi connectivity index (χ1v) is 9.02. The van der Waals surface area contributed by atoms with Crippen LogP contribution in [-0.2, 0) is 4.79 Å². The maximum absolute atomic E-state index is 12.0. The van der Waals surface area contributed by atoms with Crippen molar-refractivity contribution in [1.82, 2.24) is 15.1 Å². The first-order chi connectivity index (χ1) is 11.2. The van der Waals surface area contributed by atoms with E-state index < -0.39 is 0 Å². The minimum atomic E-state index is 0.181. The molecule has 0 aliphatic carbocycles. The molecule has 0 bridgehead atoms. The Morgan fingerprint density at radius 1 is 1.13 bits per heavy atom. The molecule has 1 aromatic carbocycles. The number of carbonyl (C=O) groups is 1. The molecule has 0 spiro atoms. The fourth-order valence-corrected chi connectivity index (χ4v) is 3.16. The van der Waals surface area contributed by atoms with Gasteiger partial charge < -0.3 is 10.2 Å². The van der Waals surface area contributed by atoms with Crippen LogP contribution >= 0.6 is 0 Å². The highest BCUT2D eigenvalue weighted by Crippen LogP contribution is 2.21. The fraction of sp³-hybridized carbons (Fsp3) is 0.632. The number of benzene rings is 1. The number of carbonyl (C=O) groups excluding carboxylic acids is 1. The van der Waals surface area contributed by atoms with Crippen LogP contribution in [0.15, 0.2) is 30.3 Å². The normalized spacial score (nSPS) is 17.8. The van der Waals surface area contributed by atoms with Gasteiger partial charge in [0, 0.05) is 39.1 Å². The molecule has 0 aromatic heterocycles. The number of likely N-dealkylation sites (N-methyl/N-ethyl adjacent to an activating group) is 1. The molecule has 1 fully saturated rings. The lowest BCUT2D eigenvalue weighted by molar-refractivity contribution is -0.121. The Balaban J connectivity index is 1.97. The number of rotatable bonds is 8. The van der Waals surface area contributed by atoms with Gasteiger partial charge in [-0.1, -0.05) is 50.6 Å². The average Bonchev–Trinajstić information content (AvgIpc) is 2.61. The molecule has 0 radical (unpaired) electrons. The zero-order valence-electron chi connectivity index (χ0n) is 14.6. The highest BCUT2D eigenvalue weighted by Gasteiger charge is 2.24. The quantitative estimate of drug-likeness (QED) is 0.801. The van der Waals surface area contributed by atoms with E-state index in [0.29, 0.717) is 13.0 Å². The Hall–Kier alpha value is -1.39. The third kappa shape index (κ3) is 5.63. The predicted molar refractivity (Wildman–Crippen MR) is 95.4 cm³/mol. The lowest BCUT2D eigenvalue weighted by atomic mass is 10.0. The number of hydrogen-bond donors (Lipinski definition) is 1. The zero-order valence-corrected chi connectivity index (χ0v) is 14.6. The Bertz CT molecular complexity index is 455. The van der Waals surface area contributed by atoms with Crippen LogP contribution in [0.25, 0.3) is 0 Å². The largest absolute Gasteiger partial charge is 0.354 e. The molecule has 1 atom stereocenters. The Morgan fingerprint density at radius 2 is 1.83 bits per heavy atom. The summed E-state index contributed by atoms with van der Waals surface area (Å²) in [4.78, 5) is 17.0. The third-order valence-electron chi connectivity index (χ3n) is 4.73. The molecule has 0 saturated carbocycles. The Kier molecular flexibility index (Phi) is 7.56. The van der Waals surface area contributed by atoms with Crippen molar-refractivity contribution < 1.29 is 4.79 Å². The number of nitrogens with zero attached hydrogens (tertiary/aromatic N) is 2. The summed E-state index contributed by atoms with van der Waals surface area (Å²) in [6.07, 6.45) is 2.67. The molecule has 4 heteroatoms. The lowest BCUT2D eigenvalue weighted by Gasteiger charge is -2.39. The van der Waals surface area contributed by atoms with E-state index in [4.69, 9.17) is 0 Å². The van der Waals surface area contributed by atoms with Crippen LogP contribution in [-0.4, -0.2) is 55.0 Å². The maximum atomic E-state index is 12.0. The van der Waals surface area contributed by atoms with E-state index in [0.717, 1.165) is 45.6 Å². The van der Waals surface area contributed by atoms with E-state index in [1.54, 1.807) is 0 Å². The summed E-state index contributed by atoms with van der Waals surface area (Å²) in [6.45, 7) is 10.5. The molecule has 1 heterocycles. The molecular formula is C19H31N3O. The summed E-state index contributed by atoms with van der Waals surface area (Å²) in [5.41, 5.74) is 1.30. The van der Waals surface area contributed by atoms with Crippen LogP contribution in [0, 0.1) is 0 Å². The van der Waals surface area contributed by atoms with Gasteiger partial charge >= 0.3 is 0 Å². The second-order valence-electron chi connectivity index (χ2n) is 6.30. The van der Waals surface area contributed by atoms with Crippen LogP contribution in [0.1, 0.15) is 44.7 Å². The van der Waals surface area contributed by atoms with Gasteiger partial charge in [0.2, 0.25) is 5.91 Å². The van der Waals surface area contributed by atoms with E-state index in [9.17, 15) is 4.79 Å². The molecule has 4 nitrogen and oxygen atoms in total. The summed E-state index contributed by atoms with van der Waals surface area (Å²) < 4.78 is 0. The highest BCUT2D eigenvalue weighted by atomic mass is 16.1. The molecule has 2 rings (SSSR count). The minimum absolute atomic E-state index is 0.181.